The average Bonchev–Trinajstić information content (AvgIpc) is 2.73. The number of ether oxygens (including phenoxy) is 3. The van der Waals surface area contributed by atoms with Crippen LogP contribution >= 0.6 is 0 Å². The number of anilines is 3. The molecule has 1 aliphatic rings. The van der Waals surface area contributed by atoms with Gasteiger partial charge in [-0.1, -0.05) is 12.1 Å². The van der Waals surface area contributed by atoms with Crippen molar-refractivity contribution in [1.82, 2.24) is 9.97 Å². The van der Waals surface area contributed by atoms with E-state index < -0.39 is 0 Å². The van der Waals surface area contributed by atoms with Crippen LogP contribution in [-0.2, 0) is 4.74 Å². The zero-order chi connectivity index (χ0) is 19.5. The van der Waals surface area contributed by atoms with Crippen LogP contribution in [0, 0.1) is 6.92 Å². The number of hydrogen-bond donors (Lipinski definition) is 1. The fourth-order valence-electron chi connectivity index (χ4n) is 3.30. The fraction of sp³-hybridized carbons (Fsp3) is 0.333. The second-order valence-electron chi connectivity index (χ2n) is 6.69. The van der Waals surface area contributed by atoms with Gasteiger partial charge in [-0.05, 0) is 30.7 Å². The Morgan fingerprint density at radius 3 is 2.46 bits per heavy atom. The zero-order valence-electron chi connectivity index (χ0n) is 16.4. The predicted molar refractivity (Wildman–Crippen MR) is 110 cm³/mol. The minimum atomic E-state index is 0.642. The zero-order valence-corrected chi connectivity index (χ0v) is 16.4. The summed E-state index contributed by atoms with van der Waals surface area (Å²) in [6.45, 7) is 4.95. The fourth-order valence-corrected chi connectivity index (χ4v) is 3.30. The number of morpholine rings is 1. The third-order valence-electron chi connectivity index (χ3n) is 4.76. The molecule has 7 heteroatoms. The number of benzene rings is 2. The Hall–Kier alpha value is -3.06. The molecule has 0 atom stereocenters. The highest BCUT2D eigenvalue weighted by Crippen LogP contribution is 2.36. The van der Waals surface area contributed by atoms with Gasteiger partial charge in [0.2, 0.25) is 5.95 Å². The molecule has 1 fully saturated rings. The standard InChI is InChI=1S/C21H24N4O3/c1-14-5-4-6-15(11-14)22-20-16-12-18(26-2)19(27-3)13-17(16)23-21(24-20)25-7-9-28-10-8-25/h4-6,11-13H,7-10H2,1-3H3,(H,22,23,24). The maximum absolute atomic E-state index is 5.48. The van der Waals surface area contributed by atoms with Crippen molar-refractivity contribution in [1.29, 1.82) is 0 Å². The van der Waals surface area contributed by atoms with Crippen LogP contribution in [0.15, 0.2) is 36.4 Å². The van der Waals surface area contributed by atoms with Gasteiger partial charge >= 0.3 is 0 Å². The maximum Gasteiger partial charge on any atom is 0.228 e. The molecule has 0 bridgehead atoms. The Morgan fingerprint density at radius 2 is 1.75 bits per heavy atom. The third-order valence-corrected chi connectivity index (χ3v) is 4.76. The van der Waals surface area contributed by atoms with E-state index in [0.29, 0.717) is 30.7 Å². The predicted octanol–water partition coefficient (Wildman–Crippen LogP) is 3.54. The van der Waals surface area contributed by atoms with E-state index in [0.717, 1.165) is 35.5 Å². The topological polar surface area (TPSA) is 68.7 Å². The number of methoxy groups -OCH3 is 2. The molecular formula is C21H24N4O3. The second-order valence-corrected chi connectivity index (χ2v) is 6.69. The van der Waals surface area contributed by atoms with Gasteiger partial charge in [0.05, 0.1) is 33.0 Å². The minimum Gasteiger partial charge on any atom is -0.493 e. The van der Waals surface area contributed by atoms with E-state index in [-0.39, 0.29) is 0 Å². The summed E-state index contributed by atoms with van der Waals surface area (Å²) in [5.41, 5.74) is 2.95. The highest BCUT2D eigenvalue weighted by atomic mass is 16.5. The van der Waals surface area contributed by atoms with Gasteiger partial charge in [-0.3, -0.25) is 0 Å². The van der Waals surface area contributed by atoms with E-state index in [1.807, 2.05) is 24.3 Å². The van der Waals surface area contributed by atoms with Gasteiger partial charge in [-0.2, -0.15) is 4.98 Å². The highest BCUT2D eigenvalue weighted by molar-refractivity contribution is 5.94. The van der Waals surface area contributed by atoms with Gasteiger partial charge in [-0.15, -0.1) is 0 Å². The van der Waals surface area contributed by atoms with Gasteiger partial charge in [-0.25, -0.2) is 4.98 Å². The molecule has 2 heterocycles. The quantitative estimate of drug-likeness (QED) is 0.726. The minimum absolute atomic E-state index is 0.642. The molecule has 0 aliphatic carbocycles. The molecule has 3 aromatic rings. The van der Waals surface area contributed by atoms with E-state index in [2.05, 4.69) is 29.3 Å². The lowest BCUT2D eigenvalue weighted by Gasteiger charge is -2.27. The molecular weight excluding hydrogens is 356 g/mol. The Balaban J connectivity index is 1.85. The van der Waals surface area contributed by atoms with Crippen LogP contribution in [0.4, 0.5) is 17.5 Å². The SMILES string of the molecule is COc1cc2nc(N3CCOCC3)nc(Nc3cccc(C)c3)c2cc1OC. The number of aryl methyl sites for hydroxylation is 1. The van der Waals surface area contributed by atoms with Gasteiger partial charge in [0, 0.05) is 30.2 Å². The molecule has 0 radical (unpaired) electrons. The number of aromatic nitrogens is 2. The van der Waals surface area contributed by atoms with Crippen LogP contribution in [0.5, 0.6) is 11.5 Å². The average molecular weight is 380 g/mol. The molecule has 0 unspecified atom stereocenters. The molecule has 7 nitrogen and oxygen atoms in total. The molecule has 0 spiro atoms. The summed E-state index contributed by atoms with van der Waals surface area (Å²) in [5.74, 6) is 2.70. The van der Waals surface area contributed by atoms with E-state index in [1.165, 1.54) is 5.56 Å². The van der Waals surface area contributed by atoms with Crippen LogP contribution in [0.3, 0.4) is 0 Å². The Labute approximate surface area is 164 Å². The Bertz CT molecular complexity index is 987. The van der Waals surface area contributed by atoms with Crippen molar-refractivity contribution >= 4 is 28.4 Å². The van der Waals surface area contributed by atoms with Gasteiger partial charge < -0.3 is 24.4 Å². The monoisotopic (exact) mass is 380 g/mol. The van der Waals surface area contributed by atoms with Gasteiger partial charge in [0.25, 0.3) is 0 Å². The molecule has 1 saturated heterocycles. The summed E-state index contributed by atoms with van der Waals surface area (Å²) in [6, 6.07) is 12.0. The largest absolute Gasteiger partial charge is 0.493 e. The first-order valence-corrected chi connectivity index (χ1v) is 9.28. The number of rotatable bonds is 5. The lowest BCUT2D eigenvalue weighted by atomic mass is 10.2. The van der Waals surface area contributed by atoms with Crippen LogP contribution < -0.4 is 19.7 Å². The highest BCUT2D eigenvalue weighted by Gasteiger charge is 2.18. The number of nitrogens with zero attached hydrogens (tertiary/aromatic N) is 3. The van der Waals surface area contributed by atoms with Crippen LogP contribution in [0.25, 0.3) is 10.9 Å². The first kappa shape index (κ1) is 18.3. The number of fused-ring (bicyclic) bond motifs is 1. The molecule has 1 aromatic heterocycles. The van der Waals surface area contributed by atoms with Crippen LogP contribution in [-0.4, -0.2) is 50.5 Å². The number of hydrogen-bond acceptors (Lipinski definition) is 7. The summed E-state index contributed by atoms with van der Waals surface area (Å²) >= 11 is 0. The summed E-state index contributed by atoms with van der Waals surface area (Å²) in [6.07, 6.45) is 0. The van der Waals surface area contributed by atoms with Gasteiger partial charge in [0.15, 0.2) is 11.5 Å². The molecule has 0 saturated carbocycles. The molecule has 146 valence electrons. The lowest BCUT2D eigenvalue weighted by molar-refractivity contribution is 0.122. The Kier molecular flexibility index (Phi) is 5.16. The van der Waals surface area contributed by atoms with Gasteiger partial charge in [0.1, 0.15) is 5.82 Å². The molecule has 4 rings (SSSR count). The first-order chi connectivity index (χ1) is 13.7. The van der Waals surface area contributed by atoms with Crippen LogP contribution in [0.2, 0.25) is 0 Å². The first-order valence-electron chi connectivity index (χ1n) is 9.28. The van der Waals surface area contributed by atoms with Crippen molar-refractivity contribution in [3.8, 4) is 11.5 Å². The third kappa shape index (κ3) is 3.66. The van der Waals surface area contributed by atoms with Crippen molar-refractivity contribution < 1.29 is 14.2 Å². The molecule has 2 aromatic carbocycles. The smallest absolute Gasteiger partial charge is 0.228 e. The van der Waals surface area contributed by atoms with E-state index >= 15 is 0 Å². The summed E-state index contributed by atoms with van der Waals surface area (Å²) in [7, 11) is 3.25. The summed E-state index contributed by atoms with van der Waals surface area (Å²) in [5, 5.41) is 4.32. The molecule has 28 heavy (non-hydrogen) atoms. The van der Waals surface area contributed by atoms with Crippen molar-refractivity contribution in [2.45, 2.75) is 6.92 Å². The van der Waals surface area contributed by atoms with Crippen molar-refractivity contribution in [3.63, 3.8) is 0 Å². The van der Waals surface area contributed by atoms with Crippen molar-refractivity contribution in [3.05, 3.63) is 42.0 Å². The second kappa shape index (κ2) is 7.90. The normalized spacial score (nSPS) is 14.2. The summed E-state index contributed by atoms with van der Waals surface area (Å²) in [4.78, 5) is 11.8. The lowest BCUT2D eigenvalue weighted by Crippen LogP contribution is -2.37. The van der Waals surface area contributed by atoms with E-state index in [9.17, 15) is 0 Å². The molecule has 1 aliphatic heterocycles. The Morgan fingerprint density at radius 1 is 1.00 bits per heavy atom. The summed E-state index contributed by atoms with van der Waals surface area (Å²) < 4.78 is 16.4. The molecule has 1 N–H and O–H groups in total. The van der Waals surface area contributed by atoms with Crippen LogP contribution in [0.1, 0.15) is 5.56 Å². The van der Waals surface area contributed by atoms with E-state index in [4.69, 9.17) is 24.2 Å². The maximum atomic E-state index is 5.48. The van der Waals surface area contributed by atoms with Crippen molar-refractivity contribution in [2.75, 3.05) is 50.7 Å². The number of nitrogens with one attached hydrogen (secondary N) is 1. The van der Waals surface area contributed by atoms with E-state index in [1.54, 1.807) is 14.2 Å². The van der Waals surface area contributed by atoms with Crippen molar-refractivity contribution in [2.24, 2.45) is 0 Å². The molecule has 0 amide bonds.